The molecular formula is C10H9IN2O4. The Labute approximate surface area is 111 Å². The maximum Gasteiger partial charge on any atom is 0.342 e. The number of carbonyl (C=O) groups is 2. The molecule has 0 bridgehead atoms. The number of carboxylic acid groups (broad SMARTS) is 2. The maximum absolute atomic E-state index is 10.6. The van der Waals surface area contributed by atoms with Gasteiger partial charge >= 0.3 is 11.9 Å². The number of rotatable bonds is 4. The largest absolute Gasteiger partial charge is 0.479 e. The average Bonchev–Trinajstić information content (AvgIpc) is 2.20. The molecule has 0 saturated heterocycles. The van der Waals surface area contributed by atoms with Crippen molar-refractivity contribution in [3.63, 3.8) is 0 Å². The van der Waals surface area contributed by atoms with Crippen molar-refractivity contribution in [2.45, 2.75) is 13.0 Å². The minimum absolute atomic E-state index is 0.456. The summed E-state index contributed by atoms with van der Waals surface area (Å²) in [7, 11) is 0. The molecule has 0 amide bonds. The van der Waals surface area contributed by atoms with Crippen molar-refractivity contribution in [1.82, 2.24) is 0 Å². The summed E-state index contributed by atoms with van der Waals surface area (Å²) in [4.78, 5) is 21.1. The molecule has 0 heterocycles. The van der Waals surface area contributed by atoms with Crippen molar-refractivity contribution in [1.29, 1.82) is 0 Å². The molecule has 0 aliphatic rings. The predicted molar refractivity (Wildman–Crippen MR) is 67.5 cm³/mol. The van der Waals surface area contributed by atoms with Gasteiger partial charge in [0.15, 0.2) is 0 Å². The van der Waals surface area contributed by atoms with Crippen LogP contribution < -0.4 is 0 Å². The van der Waals surface area contributed by atoms with Crippen LogP contribution in [-0.4, -0.2) is 28.2 Å². The van der Waals surface area contributed by atoms with Gasteiger partial charge in [-0.2, -0.15) is 10.2 Å². The third kappa shape index (κ3) is 3.77. The number of aryl methyl sites for hydroxylation is 1. The lowest BCUT2D eigenvalue weighted by atomic mass is 10.2. The van der Waals surface area contributed by atoms with Gasteiger partial charge in [-0.1, -0.05) is 0 Å². The van der Waals surface area contributed by atoms with Gasteiger partial charge in [0, 0.05) is 3.57 Å². The summed E-state index contributed by atoms with van der Waals surface area (Å²) in [5.74, 6) is -3.08. The van der Waals surface area contributed by atoms with Gasteiger partial charge in [-0.05, 0) is 53.3 Å². The highest BCUT2D eigenvalue weighted by Crippen LogP contribution is 2.21. The topological polar surface area (TPSA) is 99.3 Å². The lowest BCUT2D eigenvalue weighted by Gasteiger charge is -2.01. The van der Waals surface area contributed by atoms with Crippen molar-refractivity contribution in [3.05, 3.63) is 27.3 Å². The van der Waals surface area contributed by atoms with E-state index in [1.165, 1.54) is 0 Å². The van der Waals surface area contributed by atoms with Crippen molar-refractivity contribution < 1.29 is 19.8 Å². The molecule has 1 aromatic carbocycles. The fraction of sp³-hybridized carbons (Fsp3) is 0.200. The number of halogens is 1. The van der Waals surface area contributed by atoms with Gasteiger partial charge in [0.2, 0.25) is 0 Å². The predicted octanol–water partition coefficient (Wildman–Crippen LogP) is 2.22. The smallest absolute Gasteiger partial charge is 0.342 e. The highest BCUT2D eigenvalue weighted by atomic mass is 127. The van der Waals surface area contributed by atoms with Crippen LogP contribution in [0.15, 0.2) is 28.4 Å². The van der Waals surface area contributed by atoms with Crippen LogP contribution in [0.3, 0.4) is 0 Å². The van der Waals surface area contributed by atoms with E-state index in [1.54, 1.807) is 19.1 Å². The zero-order valence-corrected chi connectivity index (χ0v) is 11.0. The first-order chi connectivity index (χ1) is 7.91. The molecule has 0 aromatic heterocycles. The Hall–Kier alpha value is -1.51. The van der Waals surface area contributed by atoms with E-state index in [9.17, 15) is 9.59 Å². The first kappa shape index (κ1) is 13.6. The number of hydrogen-bond donors (Lipinski definition) is 2. The summed E-state index contributed by atoms with van der Waals surface area (Å²) >= 11 is 2.12. The number of aliphatic carboxylic acids is 2. The number of hydrogen-bond acceptors (Lipinski definition) is 4. The van der Waals surface area contributed by atoms with E-state index in [4.69, 9.17) is 10.2 Å². The third-order valence-electron chi connectivity index (χ3n) is 1.91. The fourth-order valence-corrected chi connectivity index (χ4v) is 1.70. The molecule has 17 heavy (non-hydrogen) atoms. The summed E-state index contributed by atoms with van der Waals surface area (Å²) in [6, 6.07) is 3.40. The Morgan fingerprint density at radius 2 is 1.88 bits per heavy atom. The molecule has 90 valence electrons. The lowest BCUT2D eigenvalue weighted by Crippen LogP contribution is -2.27. The first-order valence-corrected chi connectivity index (χ1v) is 5.62. The molecule has 6 nitrogen and oxygen atoms in total. The quantitative estimate of drug-likeness (QED) is 0.495. The van der Waals surface area contributed by atoms with Gasteiger partial charge in [-0.3, -0.25) is 0 Å². The van der Waals surface area contributed by atoms with Gasteiger partial charge in [-0.25, -0.2) is 9.59 Å². The zero-order chi connectivity index (χ0) is 13.0. The van der Waals surface area contributed by atoms with Crippen LogP contribution in [0, 0.1) is 10.5 Å². The van der Waals surface area contributed by atoms with Gasteiger partial charge in [0.05, 0.1) is 5.69 Å². The van der Waals surface area contributed by atoms with E-state index < -0.39 is 18.0 Å². The van der Waals surface area contributed by atoms with Crippen LogP contribution in [0.4, 0.5) is 5.69 Å². The number of azo groups is 1. The molecule has 0 atom stereocenters. The van der Waals surface area contributed by atoms with E-state index in [0.29, 0.717) is 5.69 Å². The van der Waals surface area contributed by atoms with Crippen LogP contribution in [0.1, 0.15) is 5.56 Å². The van der Waals surface area contributed by atoms with Gasteiger partial charge < -0.3 is 10.2 Å². The SMILES string of the molecule is Cc1cc(I)ccc1N=NC(C(=O)O)C(=O)O. The Morgan fingerprint density at radius 3 is 2.35 bits per heavy atom. The summed E-state index contributed by atoms with van der Waals surface area (Å²) in [5, 5.41) is 24.2. The number of benzene rings is 1. The van der Waals surface area contributed by atoms with Gasteiger partial charge in [0.25, 0.3) is 6.04 Å². The van der Waals surface area contributed by atoms with Crippen LogP contribution in [-0.2, 0) is 9.59 Å². The molecule has 0 unspecified atom stereocenters. The maximum atomic E-state index is 10.6. The molecule has 7 heteroatoms. The Morgan fingerprint density at radius 1 is 1.29 bits per heavy atom. The van der Waals surface area contributed by atoms with E-state index in [1.807, 2.05) is 6.07 Å². The standard InChI is InChI=1S/C10H9IN2O4/c1-5-4-6(11)2-3-7(5)12-13-8(9(14)15)10(16)17/h2-4,8H,1H3,(H,14,15)(H,16,17). The highest BCUT2D eigenvalue weighted by Gasteiger charge is 2.25. The Balaban J connectivity index is 2.96. The monoisotopic (exact) mass is 348 g/mol. The first-order valence-electron chi connectivity index (χ1n) is 4.54. The molecule has 1 aromatic rings. The molecule has 0 spiro atoms. The van der Waals surface area contributed by atoms with E-state index >= 15 is 0 Å². The molecular weight excluding hydrogens is 339 g/mol. The van der Waals surface area contributed by atoms with Crippen LogP contribution in [0.2, 0.25) is 0 Å². The molecule has 0 saturated carbocycles. The normalized spacial score (nSPS) is 11.0. The third-order valence-corrected chi connectivity index (χ3v) is 2.58. The van der Waals surface area contributed by atoms with Crippen LogP contribution in [0.25, 0.3) is 0 Å². The van der Waals surface area contributed by atoms with Crippen LogP contribution >= 0.6 is 22.6 Å². The summed E-state index contributed by atoms with van der Waals surface area (Å²) in [5.41, 5.74) is 1.26. The van der Waals surface area contributed by atoms with E-state index in [-0.39, 0.29) is 0 Å². The minimum Gasteiger partial charge on any atom is -0.479 e. The number of nitrogens with zero attached hydrogens (tertiary/aromatic N) is 2. The van der Waals surface area contributed by atoms with Crippen molar-refractivity contribution in [3.8, 4) is 0 Å². The highest BCUT2D eigenvalue weighted by molar-refractivity contribution is 14.1. The lowest BCUT2D eigenvalue weighted by molar-refractivity contribution is -0.149. The van der Waals surface area contributed by atoms with E-state index in [2.05, 4.69) is 32.8 Å². The van der Waals surface area contributed by atoms with Crippen molar-refractivity contribution in [2.75, 3.05) is 0 Å². The van der Waals surface area contributed by atoms with Gasteiger partial charge in [-0.15, -0.1) is 0 Å². The fourth-order valence-electron chi connectivity index (χ4n) is 1.06. The Bertz CT molecular complexity index is 473. The average molecular weight is 348 g/mol. The zero-order valence-electron chi connectivity index (χ0n) is 8.79. The van der Waals surface area contributed by atoms with Gasteiger partial charge in [0.1, 0.15) is 0 Å². The molecule has 0 radical (unpaired) electrons. The molecule has 0 aliphatic heterocycles. The summed E-state index contributed by atoms with van der Waals surface area (Å²) in [6.45, 7) is 1.78. The minimum atomic E-state index is -1.87. The summed E-state index contributed by atoms with van der Waals surface area (Å²) in [6.07, 6.45) is 0. The second-order valence-electron chi connectivity index (χ2n) is 3.23. The van der Waals surface area contributed by atoms with Crippen molar-refractivity contribution >= 4 is 40.2 Å². The molecule has 0 aliphatic carbocycles. The number of carboxylic acids is 2. The molecule has 2 N–H and O–H groups in total. The summed E-state index contributed by atoms with van der Waals surface area (Å²) < 4.78 is 1.01. The Kier molecular flexibility index (Phi) is 4.55. The van der Waals surface area contributed by atoms with E-state index in [0.717, 1.165) is 9.13 Å². The second kappa shape index (κ2) is 5.71. The van der Waals surface area contributed by atoms with Crippen LogP contribution in [0.5, 0.6) is 0 Å². The molecule has 0 fully saturated rings. The second-order valence-corrected chi connectivity index (χ2v) is 4.47. The van der Waals surface area contributed by atoms with Crippen molar-refractivity contribution in [2.24, 2.45) is 10.2 Å². The molecule has 1 rings (SSSR count).